The number of hydrogen-bond donors (Lipinski definition) is 2. The summed E-state index contributed by atoms with van der Waals surface area (Å²) < 4.78 is 5.27. The van der Waals surface area contributed by atoms with Crippen LogP contribution in [0.3, 0.4) is 0 Å². The second kappa shape index (κ2) is 11.3. The molecule has 8 heteroatoms. The first kappa shape index (κ1) is 24.5. The zero-order valence-corrected chi connectivity index (χ0v) is 21.6. The summed E-state index contributed by atoms with van der Waals surface area (Å²) in [6.07, 6.45) is 0. The molecule has 37 heavy (non-hydrogen) atoms. The molecular weight excluding hydrogens is 502 g/mol. The summed E-state index contributed by atoms with van der Waals surface area (Å²) in [7, 11) is 1.62. The molecule has 0 spiro atoms. The van der Waals surface area contributed by atoms with Crippen molar-refractivity contribution in [2.24, 2.45) is 0 Å². The van der Waals surface area contributed by atoms with Gasteiger partial charge in [0.05, 0.1) is 18.6 Å². The lowest BCUT2D eigenvalue weighted by Crippen LogP contribution is -2.14. The summed E-state index contributed by atoms with van der Waals surface area (Å²) in [5.41, 5.74) is 2.97. The minimum atomic E-state index is -0.179. The number of benzene rings is 4. The number of nitrogens with zero attached hydrogens (tertiary/aromatic N) is 1. The van der Waals surface area contributed by atoms with E-state index in [1.807, 2.05) is 96.4 Å². The number of amides is 2. The number of fused-ring (bicyclic) bond motifs is 1. The van der Waals surface area contributed by atoms with Gasteiger partial charge in [-0.2, -0.15) is 0 Å². The molecule has 0 aliphatic heterocycles. The Morgan fingerprint density at radius 1 is 0.892 bits per heavy atom. The molecule has 0 saturated heterocycles. The highest BCUT2D eigenvalue weighted by Gasteiger charge is 2.11. The van der Waals surface area contributed by atoms with Crippen LogP contribution < -0.4 is 15.4 Å². The molecule has 2 amide bonds. The molecule has 0 saturated carbocycles. The number of methoxy groups -OCH3 is 1. The van der Waals surface area contributed by atoms with E-state index in [2.05, 4.69) is 15.6 Å². The first-order valence-electron chi connectivity index (χ1n) is 11.5. The first-order valence-corrected chi connectivity index (χ1v) is 13.4. The Labute approximate surface area is 222 Å². The Kier molecular flexibility index (Phi) is 7.49. The summed E-state index contributed by atoms with van der Waals surface area (Å²) in [5.74, 6) is 0.641. The fourth-order valence-electron chi connectivity index (χ4n) is 3.75. The molecule has 6 nitrogen and oxygen atoms in total. The van der Waals surface area contributed by atoms with Crippen LogP contribution in [0.15, 0.2) is 101 Å². The van der Waals surface area contributed by atoms with Crippen molar-refractivity contribution < 1.29 is 14.3 Å². The Hall–Kier alpha value is -4.14. The number of ether oxygens (including phenoxy) is 1. The van der Waals surface area contributed by atoms with Crippen LogP contribution in [0.4, 0.5) is 10.8 Å². The molecule has 1 heterocycles. The smallest absolute Gasteiger partial charge is 0.255 e. The lowest BCUT2D eigenvalue weighted by molar-refractivity contribution is -0.113. The molecule has 5 rings (SSSR count). The molecule has 5 aromatic rings. The van der Waals surface area contributed by atoms with E-state index in [0.29, 0.717) is 16.4 Å². The molecule has 2 N–H and O–H groups in total. The standard InChI is InChI=1S/C29H23N3O3S2/c1-35-24-10-4-8-21(15-24)26-17-37-29(31-26)32-27(33)18-36-25-11-5-9-23(16-25)30-28(34)22-13-12-19-6-2-3-7-20(19)14-22/h2-17H,18H2,1H3,(H,30,34)(H,31,32,33). The highest BCUT2D eigenvalue weighted by atomic mass is 32.2. The number of carbonyl (C=O) groups excluding carboxylic acids is 2. The van der Waals surface area contributed by atoms with Gasteiger partial charge in [0, 0.05) is 27.1 Å². The topological polar surface area (TPSA) is 80.3 Å². The lowest BCUT2D eigenvalue weighted by atomic mass is 10.1. The highest BCUT2D eigenvalue weighted by molar-refractivity contribution is 8.00. The maximum atomic E-state index is 12.8. The molecule has 0 fully saturated rings. The minimum absolute atomic E-state index is 0.151. The maximum absolute atomic E-state index is 12.8. The Morgan fingerprint density at radius 3 is 2.59 bits per heavy atom. The SMILES string of the molecule is COc1cccc(-c2csc(NC(=O)CSc3cccc(NC(=O)c4ccc5ccccc5c4)c3)n2)c1. The van der Waals surface area contributed by atoms with Gasteiger partial charge < -0.3 is 15.4 Å². The van der Waals surface area contributed by atoms with Crippen LogP contribution in [0.25, 0.3) is 22.0 Å². The van der Waals surface area contributed by atoms with E-state index in [1.54, 1.807) is 7.11 Å². The molecule has 184 valence electrons. The third-order valence-electron chi connectivity index (χ3n) is 5.59. The number of aromatic nitrogens is 1. The van der Waals surface area contributed by atoms with Crippen molar-refractivity contribution in [1.29, 1.82) is 0 Å². The van der Waals surface area contributed by atoms with E-state index < -0.39 is 0 Å². The normalized spacial score (nSPS) is 10.7. The number of anilines is 2. The van der Waals surface area contributed by atoms with Crippen molar-refractivity contribution in [2.45, 2.75) is 4.90 Å². The molecule has 0 unspecified atom stereocenters. The van der Waals surface area contributed by atoms with Crippen LogP contribution >= 0.6 is 23.1 Å². The summed E-state index contributed by atoms with van der Waals surface area (Å²) in [6, 6.07) is 28.7. The van der Waals surface area contributed by atoms with Gasteiger partial charge in [-0.25, -0.2) is 4.98 Å². The zero-order chi connectivity index (χ0) is 25.6. The van der Waals surface area contributed by atoms with Crippen LogP contribution in [-0.4, -0.2) is 29.7 Å². The van der Waals surface area contributed by atoms with E-state index in [4.69, 9.17) is 4.74 Å². The Morgan fingerprint density at radius 2 is 1.73 bits per heavy atom. The van der Waals surface area contributed by atoms with Crippen molar-refractivity contribution in [3.63, 3.8) is 0 Å². The molecule has 0 bridgehead atoms. The largest absolute Gasteiger partial charge is 0.497 e. The number of carbonyl (C=O) groups is 2. The Balaban J connectivity index is 1.17. The molecule has 0 atom stereocenters. The fraction of sp³-hybridized carbons (Fsp3) is 0.0690. The van der Waals surface area contributed by atoms with Gasteiger partial charge in [-0.05, 0) is 53.2 Å². The van der Waals surface area contributed by atoms with E-state index in [1.165, 1.54) is 23.1 Å². The van der Waals surface area contributed by atoms with Gasteiger partial charge >= 0.3 is 0 Å². The maximum Gasteiger partial charge on any atom is 0.255 e. The summed E-state index contributed by atoms with van der Waals surface area (Å²) >= 11 is 2.77. The van der Waals surface area contributed by atoms with E-state index in [9.17, 15) is 9.59 Å². The summed E-state index contributed by atoms with van der Waals surface area (Å²) in [6.45, 7) is 0. The number of thioether (sulfide) groups is 1. The predicted octanol–water partition coefficient (Wildman–Crippen LogP) is 6.96. The van der Waals surface area contributed by atoms with Crippen LogP contribution in [0.2, 0.25) is 0 Å². The lowest BCUT2D eigenvalue weighted by Gasteiger charge is -2.08. The number of thiazole rings is 1. The number of hydrogen-bond acceptors (Lipinski definition) is 6. The average molecular weight is 526 g/mol. The number of rotatable bonds is 8. The summed E-state index contributed by atoms with van der Waals surface area (Å²) in [5, 5.41) is 10.4. The Bertz CT molecular complexity index is 1580. The van der Waals surface area contributed by atoms with E-state index >= 15 is 0 Å². The monoisotopic (exact) mass is 525 g/mol. The number of nitrogens with one attached hydrogen (secondary N) is 2. The van der Waals surface area contributed by atoms with Crippen LogP contribution in [0.1, 0.15) is 10.4 Å². The van der Waals surface area contributed by atoms with Crippen molar-refractivity contribution >= 4 is 56.5 Å². The molecule has 0 radical (unpaired) electrons. The van der Waals surface area contributed by atoms with Gasteiger partial charge in [0.2, 0.25) is 5.91 Å². The molecule has 1 aromatic heterocycles. The van der Waals surface area contributed by atoms with Crippen LogP contribution in [0, 0.1) is 0 Å². The van der Waals surface area contributed by atoms with Crippen molar-refractivity contribution in [3.8, 4) is 17.0 Å². The van der Waals surface area contributed by atoms with Gasteiger partial charge in [0.15, 0.2) is 5.13 Å². The van der Waals surface area contributed by atoms with Crippen molar-refractivity contribution in [3.05, 3.63) is 102 Å². The van der Waals surface area contributed by atoms with E-state index in [0.717, 1.165) is 32.7 Å². The van der Waals surface area contributed by atoms with Gasteiger partial charge in [-0.15, -0.1) is 23.1 Å². The third kappa shape index (κ3) is 6.17. The predicted molar refractivity (Wildman–Crippen MR) is 152 cm³/mol. The van der Waals surface area contributed by atoms with E-state index in [-0.39, 0.29) is 17.6 Å². The summed E-state index contributed by atoms with van der Waals surface area (Å²) in [4.78, 5) is 30.7. The molecule has 4 aromatic carbocycles. The van der Waals surface area contributed by atoms with Crippen LogP contribution in [-0.2, 0) is 4.79 Å². The van der Waals surface area contributed by atoms with Gasteiger partial charge in [-0.3, -0.25) is 9.59 Å². The van der Waals surface area contributed by atoms with Crippen LogP contribution in [0.5, 0.6) is 5.75 Å². The fourth-order valence-corrected chi connectivity index (χ4v) is 5.24. The molecule has 0 aliphatic rings. The zero-order valence-electron chi connectivity index (χ0n) is 19.9. The van der Waals surface area contributed by atoms with Gasteiger partial charge in [0.1, 0.15) is 5.75 Å². The van der Waals surface area contributed by atoms with Crippen molar-refractivity contribution in [1.82, 2.24) is 4.98 Å². The third-order valence-corrected chi connectivity index (χ3v) is 7.34. The second-order valence-corrected chi connectivity index (χ2v) is 10.1. The first-order chi connectivity index (χ1) is 18.1. The minimum Gasteiger partial charge on any atom is -0.497 e. The van der Waals surface area contributed by atoms with Crippen molar-refractivity contribution in [2.75, 3.05) is 23.5 Å². The highest BCUT2D eigenvalue weighted by Crippen LogP contribution is 2.28. The molecular formula is C29H23N3O3S2. The quantitative estimate of drug-likeness (QED) is 0.214. The van der Waals surface area contributed by atoms with Gasteiger partial charge in [-0.1, -0.05) is 48.5 Å². The molecule has 0 aliphatic carbocycles. The average Bonchev–Trinajstić information content (AvgIpc) is 3.40. The second-order valence-electron chi connectivity index (χ2n) is 8.15. The van der Waals surface area contributed by atoms with Gasteiger partial charge in [0.25, 0.3) is 5.91 Å².